The summed E-state index contributed by atoms with van der Waals surface area (Å²) in [5, 5.41) is 0. The molecule has 7 heteroatoms. The highest BCUT2D eigenvalue weighted by Crippen LogP contribution is 2.45. The van der Waals surface area contributed by atoms with Gasteiger partial charge in [-0.3, -0.25) is 0 Å². The number of likely N-dealkylation sites (tertiary alicyclic amines) is 1. The van der Waals surface area contributed by atoms with Crippen LogP contribution in [0.4, 0.5) is 10.5 Å². The van der Waals surface area contributed by atoms with Crippen molar-refractivity contribution in [3.05, 3.63) is 54.1 Å². The van der Waals surface area contributed by atoms with Gasteiger partial charge in [-0.05, 0) is 69.5 Å². The second-order valence-electron chi connectivity index (χ2n) is 9.37. The quantitative estimate of drug-likeness (QED) is 0.687. The lowest BCUT2D eigenvalue weighted by Gasteiger charge is -2.27. The number of fused-ring (bicyclic) bond motifs is 3. The summed E-state index contributed by atoms with van der Waals surface area (Å²) >= 11 is 0. The Bertz CT molecular complexity index is 1080. The van der Waals surface area contributed by atoms with E-state index in [1.807, 2.05) is 39.0 Å². The molecule has 166 valence electrons. The molecule has 2 aliphatic rings. The predicted molar refractivity (Wildman–Crippen MR) is 120 cm³/mol. The minimum atomic E-state index is -3.57. The molecular formula is C24H30N2O4S. The van der Waals surface area contributed by atoms with Crippen LogP contribution in [-0.4, -0.2) is 51.2 Å². The molecule has 2 heterocycles. The maximum absolute atomic E-state index is 13.1. The number of carbonyl (C=O) groups excluding carboxylic acids is 1. The zero-order valence-corrected chi connectivity index (χ0v) is 19.4. The van der Waals surface area contributed by atoms with E-state index in [4.69, 9.17) is 4.74 Å². The van der Waals surface area contributed by atoms with Crippen LogP contribution in [-0.2, 0) is 14.6 Å². The fourth-order valence-electron chi connectivity index (χ4n) is 4.66. The summed E-state index contributed by atoms with van der Waals surface area (Å²) in [5.74, 6) is 0.179. The van der Waals surface area contributed by atoms with E-state index < -0.39 is 15.4 Å². The normalized spacial score (nSPS) is 21.3. The number of hydrogen-bond acceptors (Lipinski definition) is 5. The molecular weight excluding hydrogens is 412 g/mol. The molecule has 2 aliphatic heterocycles. The van der Waals surface area contributed by atoms with E-state index in [2.05, 4.69) is 11.9 Å². The van der Waals surface area contributed by atoms with Crippen LogP contribution in [0.15, 0.2) is 58.3 Å². The minimum absolute atomic E-state index is 0.179. The van der Waals surface area contributed by atoms with Gasteiger partial charge < -0.3 is 14.5 Å². The molecule has 2 aromatic rings. The third-order valence-corrected chi connectivity index (χ3v) is 7.93. The van der Waals surface area contributed by atoms with Crippen molar-refractivity contribution in [2.45, 2.75) is 61.0 Å². The van der Waals surface area contributed by atoms with Crippen LogP contribution in [0, 0.1) is 0 Å². The lowest BCUT2D eigenvalue weighted by Crippen LogP contribution is -2.38. The summed E-state index contributed by atoms with van der Waals surface area (Å²) in [6.07, 6.45) is 1.31. The van der Waals surface area contributed by atoms with Crippen molar-refractivity contribution in [1.82, 2.24) is 4.90 Å². The Morgan fingerprint density at radius 2 is 1.68 bits per heavy atom. The summed E-state index contributed by atoms with van der Waals surface area (Å²) in [7, 11) is -1.52. The van der Waals surface area contributed by atoms with Crippen LogP contribution >= 0.6 is 0 Å². The molecule has 2 aromatic carbocycles. The van der Waals surface area contributed by atoms with Gasteiger partial charge >= 0.3 is 6.09 Å². The molecule has 0 N–H and O–H groups in total. The van der Waals surface area contributed by atoms with Crippen LogP contribution in [0.3, 0.4) is 0 Å². The molecule has 1 saturated heterocycles. The van der Waals surface area contributed by atoms with Crippen LogP contribution in [0.5, 0.6) is 0 Å². The fourth-order valence-corrected chi connectivity index (χ4v) is 5.97. The summed E-state index contributed by atoms with van der Waals surface area (Å²) in [6, 6.07) is 14.2. The van der Waals surface area contributed by atoms with Crippen LogP contribution in [0.2, 0.25) is 0 Å². The van der Waals surface area contributed by atoms with Crippen LogP contribution < -0.4 is 4.90 Å². The Balaban J connectivity index is 1.61. The van der Waals surface area contributed by atoms with Gasteiger partial charge in [0.25, 0.3) is 0 Å². The number of nitrogens with zero attached hydrogens (tertiary/aromatic N) is 2. The molecule has 2 atom stereocenters. The zero-order valence-electron chi connectivity index (χ0n) is 18.5. The summed E-state index contributed by atoms with van der Waals surface area (Å²) in [4.78, 5) is 17.2. The van der Waals surface area contributed by atoms with Crippen LogP contribution in [0.25, 0.3) is 0 Å². The van der Waals surface area contributed by atoms with Crippen molar-refractivity contribution in [3.63, 3.8) is 0 Å². The van der Waals surface area contributed by atoms with Gasteiger partial charge in [0.05, 0.1) is 9.79 Å². The Morgan fingerprint density at radius 1 is 1.00 bits per heavy atom. The average Bonchev–Trinajstić information content (AvgIpc) is 2.86. The second-order valence-corrected chi connectivity index (χ2v) is 11.3. The first-order chi connectivity index (χ1) is 14.6. The monoisotopic (exact) mass is 442 g/mol. The van der Waals surface area contributed by atoms with E-state index >= 15 is 0 Å². The summed E-state index contributed by atoms with van der Waals surface area (Å²) in [6.45, 7) is 6.84. The first-order valence-corrected chi connectivity index (χ1v) is 12.2. The lowest BCUT2D eigenvalue weighted by atomic mass is 9.91. The van der Waals surface area contributed by atoms with E-state index in [-0.39, 0.29) is 18.1 Å². The predicted octanol–water partition coefficient (Wildman–Crippen LogP) is 4.45. The molecule has 31 heavy (non-hydrogen) atoms. The number of amides is 1. The van der Waals surface area contributed by atoms with Crippen molar-refractivity contribution < 1.29 is 17.9 Å². The van der Waals surface area contributed by atoms with Crippen molar-refractivity contribution in [3.8, 4) is 0 Å². The molecule has 0 aliphatic carbocycles. The van der Waals surface area contributed by atoms with Gasteiger partial charge in [0.15, 0.2) is 0 Å². The van der Waals surface area contributed by atoms with E-state index in [0.29, 0.717) is 22.9 Å². The van der Waals surface area contributed by atoms with Gasteiger partial charge in [-0.25, -0.2) is 13.2 Å². The molecule has 0 spiro atoms. The lowest BCUT2D eigenvalue weighted by molar-refractivity contribution is 0.0255. The third kappa shape index (κ3) is 4.15. The molecule has 0 bridgehead atoms. The smallest absolute Gasteiger partial charge is 0.410 e. The van der Waals surface area contributed by atoms with Gasteiger partial charge in [0, 0.05) is 37.8 Å². The average molecular weight is 443 g/mol. The molecule has 0 radical (unpaired) electrons. The van der Waals surface area contributed by atoms with E-state index in [1.165, 1.54) is 0 Å². The van der Waals surface area contributed by atoms with Crippen molar-refractivity contribution in [2.24, 2.45) is 0 Å². The molecule has 0 aromatic heterocycles. The van der Waals surface area contributed by atoms with E-state index in [1.54, 1.807) is 35.2 Å². The topological polar surface area (TPSA) is 66.9 Å². The molecule has 0 saturated carbocycles. The van der Waals surface area contributed by atoms with Crippen molar-refractivity contribution >= 4 is 21.6 Å². The second kappa shape index (κ2) is 7.86. The van der Waals surface area contributed by atoms with Gasteiger partial charge in [-0.1, -0.05) is 18.2 Å². The molecule has 4 rings (SSSR count). The van der Waals surface area contributed by atoms with Crippen molar-refractivity contribution in [1.29, 1.82) is 0 Å². The Kier molecular flexibility index (Phi) is 5.50. The van der Waals surface area contributed by atoms with Gasteiger partial charge in [-0.15, -0.1) is 0 Å². The number of ether oxygens (including phenoxy) is 1. The number of carbonyl (C=O) groups is 1. The Labute approximate surface area is 184 Å². The summed E-state index contributed by atoms with van der Waals surface area (Å²) < 4.78 is 31.8. The summed E-state index contributed by atoms with van der Waals surface area (Å²) in [5.41, 5.74) is 1.60. The molecule has 2 unspecified atom stereocenters. The third-order valence-electron chi connectivity index (χ3n) is 6.16. The maximum Gasteiger partial charge on any atom is 0.410 e. The Morgan fingerprint density at radius 3 is 2.35 bits per heavy atom. The van der Waals surface area contributed by atoms with Crippen LogP contribution in [0.1, 0.15) is 45.1 Å². The van der Waals surface area contributed by atoms with Gasteiger partial charge in [0.2, 0.25) is 9.84 Å². The van der Waals surface area contributed by atoms with E-state index in [0.717, 1.165) is 24.1 Å². The van der Waals surface area contributed by atoms with Gasteiger partial charge in [0.1, 0.15) is 5.60 Å². The largest absolute Gasteiger partial charge is 0.444 e. The first kappa shape index (κ1) is 21.7. The van der Waals surface area contributed by atoms with Crippen molar-refractivity contribution in [2.75, 3.05) is 25.0 Å². The number of anilines is 1. The highest BCUT2D eigenvalue weighted by molar-refractivity contribution is 7.91. The van der Waals surface area contributed by atoms with E-state index in [9.17, 15) is 13.2 Å². The number of sulfone groups is 1. The highest BCUT2D eigenvalue weighted by Gasteiger charge is 2.40. The van der Waals surface area contributed by atoms with Gasteiger partial charge in [-0.2, -0.15) is 0 Å². The molecule has 1 fully saturated rings. The number of likely N-dealkylation sites (N-methyl/N-ethyl adjacent to an activating group) is 1. The maximum atomic E-state index is 13.1. The fraction of sp³-hybridized carbons (Fsp3) is 0.458. The SMILES string of the molecule is CN1c2ccc(S(=O)(=O)c3ccccc3)cc2C2CCN(C(=O)OC(C)(C)C)CCC21. The minimum Gasteiger partial charge on any atom is -0.444 e. The first-order valence-electron chi connectivity index (χ1n) is 10.7. The highest BCUT2D eigenvalue weighted by atomic mass is 32.2. The number of rotatable bonds is 2. The Hall–Kier alpha value is -2.54. The number of benzene rings is 2. The number of hydrogen-bond donors (Lipinski definition) is 0. The molecule has 1 amide bonds. The zero-order chi connectivity index (χ0) is 22.4. The standard InChI is InChI=1S/C24H30N2O4S/c1-24(2,3)30-23(27)26-14-12-19-20-16-18(31(28,29)17-8-6-5-7-9-17)10-11-21(20)25(4)22(19)13-15-26/h5-11,16,19,22H,12-15H2,1-4H3. The molecule has 6 nitrogen and oxygen atoms in total.